The molecule has 1 amide bonds. The lowest BCUT2D eigenvalue weighted by molar-refractivity contribution is -0.129. The summed E-state index contributed by atoms with van der Waals surface area (Å²) < 4.78 is 5.88. The molecule has 0 bridgehead atoms. The van der Waals surface area contributed by atoms with E-state index in [-0.39, 0.29) is 11.8 Å². The second kappa shape index (κ2) is 9.77. The van der Waals surface area contributed by atoms with E-state index in [0.717, 1.165) is 48.6 Å². The lowest BCUT2D eigenvalue weighted by Crippen LogP contribution is -2.29. The SMILES string of the molecule is CC(C)c1ccc(OCCc2cc(C3CCN(C(=O)Cc4ccncc4)C3)n[nH]2)cc1. The zero-order valence-electron chi connectivity index (χ0n) is 18.3. The Balaban J connectivity index is 1.24. The van der Waals surface area contributed by atoms with Crippen LogP contribution in [0.4, 0.5) is 0 Å². The highest BCUT2D eigenvalue weighted by Crippen LogP contribution is 2.27. The number of H-pyrrole nitrogens is 1. The van der Waals surface area contributed by atoms with Crippen molar-refractivity contribution in [3.63, 3.8) is 0 Å². The number of carbonyl (C=O) groups excluding carboxylic acids is 1. The highest BCUT2D eigenvalue weighted by molar-refractivity contribution is 5.79. The average Bonchev–Trinajstić information content (AvgIpc) is 3.45. The third-order valence-electron chi connectivity index (χ3n) is 5.90. The Morgan fingerprint density at radius 2 is 1.97 bits per heavy atom. The van der Waals surface area contributed by atoms with Crippen LogP contribution in [0.5, 0.6) is 5.75 Å². The van der Waals surface area contributed by atoms with E-state index in [2.05, 4.69) is 47.2 Å². The van der Waals surface area contributed by atoms with Crippen molar-refractivity contribution in [1.29, 1.82) is 0 Å². The molecule has 0 spiro atoms. The number of nitrogens with zero attached hydrogens (tertiary/aromatic N) is 3. The van der Waals surface area contributed by atoms with Gasteiger partial charge in [0.05, 0.1) is 18.7 Å². The van der Waals surface area contributed by atoms with Gasteiger partial charge in [-0.05, 0) is 53.8 Å². The van der Waals surface area contributed by atoms with E-state index in [1.165, 1.54) is 5.56 Å². The molecule has 1 aliphatic rings. The van der Waals surface area contributed by atoms with Gasteiger partial charge in [-0.3, -0.25) is 14.9 Å². The topological polar surface area (TPSA) is 71.1 Å². The quantitative estimate of drug-likeness (QED) is 0.598. The van der Waals surface area contributed by atoms with Crippen LogP contribution in [0.2, 0.25) is 0 Å². The Morgan fingerprint density at radius 3 is 2.71 bits per heavy atom. The van der Waals surface area contributed by atoms with Crippen molar-refractivity contribution < 1.29 is 9.53 Å². The minimum Gasteiger partial charge on any atom is -0.493 e. The van der Waals surface area contributed by atoms with Crippen molar-refractivity contribution in [2.24, 2.45) is 0 Å². The summed E-state index contributed by atoms with van der Waals surface area (Å²) in [5, 5.41) is 7.64. The number of aromatic amines is 1. The Bertz CT molecular complexity index is 982. The molecule has 3 heterocycles. The fourth-order valence-electron chi connectivity index (χ4n) is 3.96. The third-order valence-corrected chi connectivity index (χ3v) is 5.90. The van der Waals surface area contributed by atoms with Gasteiger partial charge in [0.25, 0.3) is 0 Å². The monoisotopic (exact) mass is 418 g/mol. The predicted octanol–water partition coefficient (Wildman–Crippen LogP) is 4.11. The van der Waals surface area contributed by atoms with E-state index < -0.39 is 0 Å². The number of benzene rings is 1. The lowest BCUT2D eigenvalue weighted by atomic mass is 10.0. The molecule has 31 heavy (non-hydrogen) atoms. The summed E-state index contributed by atoms with van der Waals surface area (Å²) in [5.41, 5.74) is 4.42. The molecule has 6 heteroatoms. The van der Waals surface area contributed by atoms with Crippen LogP contribution in [0.1, 0.15) is 54.6 Å². The maximum atomic E-state index is 12.6. The van der Waals surface area contributed by atoms with Crippen LogP contribution >= 0.6 is 0 Å². The number of aromatic nitrogens is 3. The van der Waals surface area contributed by atoms with Crippen LogP contribution < -0.4 is 4.74 Å². The standard InChI is InChI=1S/C25H30N4O2/c1-18(2)20-3-5-23(6-4-20)31-14-10-22-16-24(28-27-22)21-9-13-29(17-21)25(30)15-19-7-11-26-12-8-19/h3-8,11-12,16,18,21H,9-10,13-15,17H2,1-2H3,(H,27,28). The van der Waals surface area contributed by atoms with Gasteiger partial charge >= 0.3 is 0 Å². The van der Waals surface area contributed by atoms with E-state index in [1.54, 1.807) is 12.4 Å². The number of rotatable bonds is 8. The summed E-state index contributed by atoms with van der Waals surface area (Å²) in [4.78, 5) is 18.5. The number of ether oxygens (including phenoxy) is 1. The van der Waals surface area contributed by atoms with Gasteiger partial charge in [-0.15, -0.1) is 0 Å². The number of likely N-dealkylation sites (tertiary alicyclic amines) is 1. The van der Waals surface area contributed by atoms with Crippen LogP contribution in [-0.4, -0.2) is 45.7 Å². The van der Waals surface area contributed by atoms with Crippen LogP contribution in [-0.2, 0) is 17.6 Å². The highest BCUT2D eigenvalue weighted by atomic mass is 16.5. The first-order chi connectivity index (χ1) is 15.1. The van der Waals surface area contributed by atoms with Gasteiger partial charge in [0, 0.05) is 43.5 Å². The van der Waals surface area contributed by atoms with Crippen LogP contribution in [0.25, 0.3) is 0 Å². The molecule has 0 radical (unpaired) electrons. The molecule has 1 saturated heterocycles. The normalized spacial score (nSPS) is 16.1. The maximum absolute atomic E-state index is 12.6. The molecular weight excluding hydrogens is 388 g/mol. The van der Waals surface area contributed by atoms with Crippen molar-refractivity contribution >= 4 is 5.91 Å². The summed E-state index contributed by atoms with van der Waals surface area (Å²) in [6.07, 6.45) is 5.61. The summed E-state index contributed by atoms with van der Waals surface area (Å²) in [7, 11) is 0. The molecule has 3 aromatic rings. The molecule has 0 saturated carbocycles. The Hall–Kier alpha value is -3.15. The number of hydrogen-bond donors (Lipinski definition) is 1. The summed E-state index contributed by atoms with van der Waals surface area (Å²) in [6, 6.07) is 14.2. The summed E-state index contributed by atoms with van der Waals surface area (Å²) in [6.45, 7) is 6.49. The average molecular weight is 419 g/mol. The van der Waals surface area contributed by atoms with E-state index in [0.29, 0.717) is 18.9 Å². The Morgan fingerprint density at radius 1 is 1.19 bits per heavy atom. The summed E-state index contributed by atoms with van der Waals surface area (Å²) >= 11 is 0. The van der Waals surface area contributed by atoms with E-state index in [1.807, 2.05) is 29.2 Å². The number of carbonyl (C=O) groups is 1. The second-order valence-electron chi connectivity index (χ2n) is 8.50. The number of amides is 1. The van der Waals surface area contributed by atoms with Crippen LogP contribution in [0.3, 0.4) is 0 Å². The molecule has 1 aliphatic heterocycles. The molecule has 6 nitrogen and oxygen atoms in total. The molecule has 1 N–H and O–H groups in total. The highest BCUT2D eigenvalue weighted by Gasteiger charge is 2.28. The molecule has 162 valence electrons. The number of hydrogen-bond acceptors (Lipinski definition) is 4. The Labute approximate surface area is 183 Å². The van der Waals surface area contributed by atoms with Gasteiger partial charge < -0.3 is 9.64 Å². The van der Waals surface area contributed by atoms with Crippen LogP contribution in [0.15, 0.2) is 54.9 Å². The van der Waals surface area contributed by atoms with Crippen molar-refractivity contribution in [3.05, 3.63) is 77.4 Å². The van der Waals surface area contributed by atoms with E-state index in [4.69, 9.17) is 4.74 Å². The first-order valence-corrected chi connectivity index (χ1v) is 11.0. The second-order valence-corrected chi connectivity index (χ2v) is 8.50. The first-order valence-electron chi connectivity index (χ1n) is 11.0. The minimum absolute atomic E-state index is 0.168. The van der Waals surface area contributed by atoms with Gasteiger partial charge in [0.2, 0.25) is 5.91 Å². The zero-order chi connectivity index (χ0) is 21.6. The number of nitrogens with one attached hydrogen (secondary N) is 1. The molecule has 1 fully saturated rings. The predicted molar refractivity (Wildman–Crippen MR) is 120 cm³/mol. The largest absolute Gasteiger partial charge is 0.493 e. The van der Waals surface area contributed by atoms with Gasteiger partial charge in [-0.25, -0.2) is 0 Å². The Kier molecular flexibility index (Phi) is 6.65. The molecule has 1 aromatic carbocycles. The molecular formula is C25H30N4O2. The van der Waals surface area contributed by atoms with Crippen LogP contribution in [0, 0.1) is 0 Å². The van der Waals surface area contributed by atoms with Gasteiger partial charge in [-0.1, -0.05) is 26.0 Å². The molecule has 2 aromatic heterocycles. The van der Waals surface area contributed by atoms with Crippen molar-refractivity contribution in [2.75, 3.05) is 19.7 Å². The van der Waals surface area contributed by atoms with Crippen molar-refractivity contribution in [1.82, 2.24) is 20.1 Å². The first kappa shape index (κ1) is 21.1. The van der Waals surface area contributed by atoms with E-state index in [9.17, 15) is 4.79 Å². The van der Waals surface area contributed by atoms with Crippen molar-refractivity contribution in [3.8, 4) is 5.75 Å². The van der Waals surface area contributed by atoms with Crippen molar-refractivity contribution in [2.45, 2.75) is 44.9 Å². The smallest absolute Gasteiger partial charge is 0.227 e. The van der Waals surface area contributed by atoms with Gasteiger partial charge in [-0.2, -0.15) is 5.10 Å². The lowest BCUT2D eigenvalue weighted by Gasteiger charge is -2.16. The van der Waals surface area contributed by atoms with E-state index >= 15 is 0 Å². The number of pyridine rings is 1. The summed E-state index contributed by atoms with van der Waals surface area (Å²) in [5.74, 6) is 1.87. The maximum Gasteiger partial charge on any atom is 0.227 e. The third kappa shape index (κ3) is 5.51. The molecule has 1 unspecified atom stereocenters. The molecule has 4 rings (SSSR count). The van der Waals surface area contributed by atoms with Gasteiger partial charge in [0.1, 0.15) is 5.75 Å². The fourth-order valence-corrected chi connectivity index (χ4v) is 3.96. The fraction of sp³-hybridized carbons (Fsp3) is 0.400. The molecule has 1 atom stereocenters. The molecule has 0 aliphatic carbocycles. The zero-order valence-corrected chi connectivity index (χ0v) is 18.3. The van der Waals surface area contributed by atoms with Gasteiger partial charge in [0.15, 0.2) is 0 Å². The minimum atomic E-state index is 0.168.